The van der Waals surface area contributed by atoms with Crippen molar-refractivity contribution in [1.29, 1.82) is 0 Å². The van der Waals surface area contributed by atoms with E-state index in [0.717, 1.165) is 5.56 Å². The van der Waals surface area contributed by atoms with E-state index >= 15 is 0 Å². The number of rotatable bonds is 5. The maximum Gasteiger partial charge on any atom is 0.211 e. The lowest BCUT2D eigenvalue weighted by molar-refractivity contribution is 0.300. The first-order chi connectivity index (χ1) is 10.1. The van der Waals surface area contributed by atoms with Gasteiger partial charge in [0.2, 0.25) is 5.96 Å². The van der Waals surface area contributed by atoms with Gasteiger partial charge in [0.25, 0.3) is 0 Å². The van der Waals surface area contributed by atoms with Crippen molar-refractivity contribution < 1.29 is 9.13 Å². The third-order valence-corrected chi connectivity index (χ3v) is 2.59. The highest BCUT2D eigenvalue weighted by atomic mass is 19.1. The summed E-state index contributed by atoms with van der Waals surface area (Å²) in [5.74, 6) is 0.202. The lowest BCUT2D eigenvalue weighted by Crippen LogP contribution is -2.21. The molecule has 0 aliphatic carbocycles. The minimum atomic E-state index is -0.289. The molecule has 2 aromatic rings. The molecular formula is C15H15FN4O. The van der Waals surface area contributed by atoms with Gasteiger partial charge in [0, 0.05) is 5.56 Å². The first-order valence-electron chi connectivity index (χ1n) is 6.23. The molecule has 2 rings (SSSR count). The molecular weight excluding hydrogens is 271 g/mol. The summed E-state index contributed by atoms with van der Waals surface area (Å²) in [5, 5.41) is 7.22. The quantitative estimate of drug-likeness (QED) is 0.501. The van der Waals surface area contributed by atoms with Crippen LogP contribution in [0.3, 0.4) is 0 Å². The summed E-state index contributed by atoms with van der Waals surface area (Å²) in [7, 11) is 0. The Bertz CT molecular complexity index is 666. The van der Waals surface area contributed by atoms with Crippen LogP contribution in [0.4, 0.5) is 4.39 Å². The molecule has 0 fully saturated rings. The molecule has 0 amide bonds. The number of hydrogen-bond donors (Lipinski definition) is 2. The first-order valence-corrected chi connectivity index (χ1v) is 6.23. The largest absolute Gasteiger partial charge is 0.489 e. The Morgan fingerprint density at radius 1 is 1.14 bits per heavy atom. The zero-order valence-electron chi connectivity index (χ0n) is 11.2. The number of ether oxygens (including phenoxy) is 1. The van der Waals surface area contributed by atoms with Crippen molar-refractivity contribution in [2.75, 3.05) is 0 Å². The normalized spacial score (nSPS) is 10.5. The number of benzene rings is 2. The minimum Gasteiger partial charge on any atom is -0.489 e. The van der Waals surface area contributed by atoms with E-state index in [1.54, 1.807) is 36.4 Å². The van der Waals surface area contributed by atoms with E-state index in [2.05, 4.69) is 10.2 Å². The molecule has 21 heavy (non-hydrogen) atoms. The van der Waals surface area contributed by atoms with Crippen LogP contribution in [0.1, 0.15) is 11.1 Å². The van der Waals surface area contributed by atoms with Crippen LogP contribution in [0.25, 0.3) is 0 Å². The van der Waals surface area contributed by atoms with Gasteiger partial charge >= 0.3 is 0 Å². The topological polar surface area (TPSA) is 86.0 Å². The van der Waals surface area contributed by atoms with Crippen molar-refractivity contribution in [3.8, 4) is 5.75 Å². The standard InChI is InChI=1S/C15H15FN4O/c16-14-7-2-1-5-12(14)10-21-13-6-3-4-11(8-13)9-19-20-15(17)18/h1-9H,10H2,(H4,17,18,20). The van der Waals surface area contributed by atoms with Gasteiger partial charge in [-0.15, -0.1) is 5.10 Å². The fraction of sp³-hybridized carbons (Fsp3) is 0.0667. The molecule has 0 spiro atoms. The van der Waals surface area contributed by atoms with Gasteiger partial charge in [-0.05, 0) is 23.8 Å². The van der Waals surface area contributed by atoms with E-state index in [1.165, 1.54) is 12.3 Å². The highest BCUT2D eigenvalue weighted by Crippen LogP contribution is 2.15. The van der Waals surface area contributed by atoms with Crippen LogP contribution in [0.5, 0.6) is 5.75 Å². The third-order valence-electron chi connectivity index (χ3n) is 2.59. The lowest BCUT2D eigenvalue weighted by atomic mass is 10.2. The summed E-state index contributed by atoms with van der Waals surface area (Å²) in [5.41, 5.74) is 11.6. The summed E-state index contributed by atoms with van der Waals surface area (Å²) in [6.45, 7) is 0.154. The second kappa shape index (κ2) is 7.04. The van der Waals surface area contributed by atoms with Crippen molar-refractivity contribution >= 4 is 12.2 Å². The molecule has 0 aliphatic heterocycles. The van der Waals surface area contributed by atoms with Crippen molar-refractivity contribution in [2.45, 2.75) is 6.61 Å². The second-order valence-electron chi connectivity index (χ2n) is 4.22. The van der Waals surface area contributed by atoms with E-state index < -0.39 is 0 Å². The fourth-order valence-corrected chi connectivity index (χ4v) is 1.62. The molecule has 6 heteroatoms. The number of nitrogens with zero attached hydrogens (tertiary/aromatic N) is 2. The number of hydrogen-bond acceptors (Lipinski definition) is 3. The Labute approximate surface area is 121 Å². The number of nitrogens with two attached hydrogens (primary N) is 2. The Morgan fingerprint density at radius 3 is 2.71 bits per heavy atom. The van der Waals surface area contributed by atoms with Gasteiger partial charge in [-0.1, -0.05) is 30.3 Å². The second-order valence-corrected chi connectivity index (χ2v) is 4.22. The SMILES string of the molecule is NC(N)=NN=Cc1cccc(OCc2ccccc2F)c1. The number of guanidine groups is 1. The van der Waals surface area contributed by atoms with Crippen molar-refractivity contribution in [2.24, 2.45) is 21.7 Å². The van der Waals surface area contributed by atoms with E-state index in [9.17, 15) is 4.39 Å². The van der Waals surface area contributed by atoms with Gasteiger partial charge in [0.1, 0.15) is 18.2 Å². The van der Waals surface area contributed by atoms with Gasteiger partial charge in [-0.3, -0.25) is 0 Å². The average Bonchev–Trinajstić information content (AvgIpc) is 2.46. The molecule has 0 radical (unpaired) electrons. The van der Waals surface area contributed by atoms with Crippen molar-refractivity contribution in [3.05, 3.63) is 65.5 Å². The predicted octanol–water partition coefficient (Wildman–Crippen LogP) is 2.01. The summed E-state index contributed by atoms with van der Waals surface area (Å²) in [6, 6.07) is 13.6. The fourth-order valence-electron chi connectivity index (χ4n) is 1.62. The van der Waals surface area contributed by atoms with Crippen LogP contribution in [0.15, 0.2) is 58.7 Å². The van der Waals surface area contributed by atoms with E-state index in [1.807, 2.05) is 6.07 Å². The molecule has 0 atom stereocenters. The van der Waals surface area contributed by atoms with Crippen LogP contribution in [-0.2, 0) is 6.61 Å². The van der Waals surface area contributed by atoms with Crippen LogP contribution in [0, 0.1) is 5.82 Å². The van der Waals surface area contributed by atoms with Crippen LogP contribution in [-0.4, -0.2) is 12.2 Å². The summed E-state index contributed by atoms with van der Waals surface area (Å²) < 4.78 is 19.0. The van der Waals surface area contributed by atoms with Gasteiger partial charge in [0.15, 0.2) is 0 Å². The lowest BCUT2D eigenvalue weighted by Gasteiger charge is -2.07. The molecule has 108 valence electrons. The van der Waals surface area contributed by atoms with Crippen LogP contribution < -0.4 is 16.2 Å². The maximum atomic E-state index is 13.5. The Kier molecular flexibility index (Phi) is 4.87. The van der Waals surface area contributed by atoms with Crippen LogP contribution in [0.2, 0.25) is 0 Å². The molecule has 0 saturated carbocycles. The maximum absolute atomic E-state index is 13.5. The zero-order chi connectivity index (χ0) is 15.1. The summed E-state index contributed by atoms with van der Waals surface area (Å²) in [4.78, 5) is 0. The van der Waals surface area contributed by atoms with E-state index in [-0.39, 0.29) is 18.4 Å². The smallest absolute Gasteiger partial charge is 0.211 e. The molecule has 2 aromatic carbocycles. The monoisotopic (exact) mass is 286 g/mol. The van der Waals surface area contributed by atoms with Crippen LogP contribution >= 0.6 is 0 Å². The molecule has 0 aliphatic rings. The van der Waals surface area contributed by atoms with Crippen molar-refractivity contribution in [3.63, 3.8) is 0 Å². The molecule has 0 aromatic heterocycles. The highest BCUT2D eigenvalue weighted by molar-refractivity contribution is 5.81. The zero-order valence-corrected chi connectivity index (χ0v) is 11.2. The van der Waals surface area contributed by atoms with Gasteiger partial charge < -0.3 is 16.2 Å². The highest BCUT2D eigenvalue weighted by Gasteiger charge is 2.02. The van der Waals surface area contributed by atoms with Crippen molar-refractivity contribution in [1.82, 2.24) is 0 Å². The van der Waals surface area contributed by atoms with E-state index in [4.69, 9.17) is 16.2 Å². The average molecular weight is 286 g/mol. The van der Waals surface area contributed by atoms with E-state index in [0.29, 0.717) is 11.3 Å². The molecule has 0 saturated heterocycles. The Balaban J connectivity index is 2.03. The van der Waals surface area contributed by atoms with Gasteiger partial charge in [0.05, 0.1) is 6.21 Å². The van der Waals surface area contributed by atoms with Gasteiger partial charge in [-0.2, -0.15) is 5.10 Å². The molecule has 0 heterocycles. The Hall–Kier alpha value is -2.89. The molecule has 5 nitrogen and oxygen atoms in total. The van der Waals surface area contributed by atoms with Gasteiger partial charge in [-0.25, -0.2) is 4.39 Å². The summed E-state index contributed by atoms with van der Waals surface area (Å²) in [6.07, 6.45) is 1.50. The minimum absolute atomic E-state index is 0.113. The summed E-state index contributed by atoms with van der Waals surface area (Å²) >= 11 is 0. The number of halogens is 1. The third kappa shape index (κ3) is 4.61. The Morgan fingerprint density at radius 2 is 1.95 bits per heavy atom. The predicted molar refractivity (Wildman–Crippen MR) is 80.6 cm³/mol. The first kappa shape index (κ1) is 14.5. The molecule has 0 bridgehead atoms. The molecule has 4 N–H and O–H groups in total. The molecule has 0 unspecified atom stereocenters.